The Bertz CT molecular complexity index is 1060. The Balaban J connectivity index is 1.39. The van der Waals surface area contributed by atoms with Crippen LogP contribution in [0.3, 0.4) is 0 Å². The van der Waals surface area contributed by atoms with E-state index in [9.17, 15) is 0 Å². The van der Waals surface area contributed by atoms with Gasteiger partial charge in [0.15, 0.2) is 0 Å². The highest BCUT2D eigenvalue weighted by molar-refractivity contribution is 5.79. The zero-order valence-electron chi connectivity index (χ0n) is 14.4. The van der Waals surface area contributed by atoms with Gasteiger partial charge in [0.1, 0.15) is 0 Å². The van der Waals surface area contributed by atoms with E-state index < -0.39 is 0 Å². The number of fused-ring (bicyclic) bond motifs is 2. The molecule has 0 saturated heterocycles. The maximum Gasteiger partial charge on any atom is 0.241 e. The number of anilines is 1. The third kappa shape index (κ3) is 2.59. The molecule has 1 aliphatic carbocycles. The van der Waals surface area contributed by atoms with Gasteiger partial charge in [0.25, 0.3) is 0 Å². The molecule has 0 unspecified atom stereocenters. The van der Waals surface area contributed by atoms with Crippen LogP contribution in [0.1, 0.15) is 19.8 Å². The van der Waals surface area contributed by atoms with Gasteiger partial charge in [-0.05, 0) is 25.8 Å². The molecule has 0 aliphatic heterocycles. The molecule has 0 bridgehead atoms. The second kappa shape index (κ2) is 6.06. The van der Waals surface area contributed by atoms with Crippen molar-refractivity contribution in [1.29, 1.82) is 0 Å². The zero-order chi connectivity index (χ0) is 17.5. The lowest BCUT2D eigenvalue weighted by Crippen LogP contribution is -2.41. The first kappa shape index (κ1) is 15.3. The molecule has 0 aromatic carbocycles. The second-order valence-corrected chi connectivity index (χ2v) is 6.51. The van der Waals surface area contributed by atoms with Crippen LogP contribution in [0.15, 0.2) is 43.2 Å². The highest BCUT2D eigenvalue weighted by atomic mass is 16.5. The molecule has 1 fully saturated rings. The van der Waals surface area contributed by atoms with Crippen molar-refractivity contribution in [3.63, 3.8) is 0 Å². The highest BCUT2D eigenvalue weighted by Gasteiger charge is 2.30. The second-order valence-electron chi connectivity index (χ2n) is 6.51. The molecule has 4 heterocycles. The minimum Gasteiger partial charge on any atom is -0.378 e. The predicted octanol–water partition coefficient (Wildman–Crippen LogP) is 2.42. The quantitative estimate of drug-likeness (QED) is 0.596. The number of nitrogens with one attached hydrogen (secondary N) is 1. The molecule has 1 aliphatic rings. The molecule has 0 spiro atoms. The summed E-state index contributed by atoms with van der Waals surface area (Å²) >= 11 is 0. The van der Waals surface area contributed by atoms with E-state index in [0.29, 0.717) is 23.9 Å². The summed E-state index contributed by atoms with van der Waals surface area (Å²) in [6.07, 6.45) is 13.6. The smallest absolute Gasteiger partial charge is 0.241 e. The Labute approximate surface area is 149 Å². The molecule has 8 heteroatoms. The van der Waals surface area contributed by atoms with Crippen LogP contribution in [0, 0.1) is 0 Å². The van der Waals surface area contributed by atoms with Gasteiger partial charge in [-0.25, -0.2) is 19.5 Å². The van der Waals surface area contributed by atoms with Crippen LogP contribution < -0.4 is 5.32 Å². The van der Waals surface area contributed by atoms with E-state index in [-0.39, 0.29) is 0 Å². The Kier molecular flexibility index (Phi) is 3.56. The molecule has 4 aromatic rings. The van der Waals surface area contributed by atoms with Crippen LogP contribution in [0.5, 0.6) is 0 Å². The third-order valence-corrected chi connectivity index (χ3v) is 4.80. The molecular weight excluding hydrogens is 330 g/mol. The minimum absolute atomic E-state index is 0.366. The van der Waals surface area contributed by atoms with Crippen LogP contribution in [-0.2, 0) is 4.74 Å². The van der Waals surface area contributed by atoms with Gasteiger partial charge >= 0.3 is 0 Å². The number of nitrogens with zero attached hydrogens (tertiary/aromatic N) is 6. The van der Waals surface area contributed by atoms with Crippen molar-refractivity contribution in [3.8, 4) is 11.1 Å². The topological polar surface area (TPSA) is 81.6 Å². The lowest BCUT2D eigenvalue weighted by atomic mass is 9.89. The summed E-state index contributed by atoms with van der Waals surface area (Å²) in [5.74, 6) is 1.33. The molecule has 1 N–H and O–H groups in total. The van der Waals surface area contributed by atoms with E-state index in [1.165, 1.54) is 0 Å². The average molecular weight is 349 g/mol. The lowest BCUT2D eigenvalue weighted by Gasteiger charge is -2.35. The first-order valence-corrected chi connectivity index (χ1v) is 8.82. The summed E-state index contributed by atoms with van der Waals surface area (Å²) in [4.78, 5) is 13.0. The summed E-state index contributed by atoms with van der Waals surface area (Å²) in [5, 5.41) is 7.96. The van der Waals surface area contributed by atoms with Crippen LogP contribution in [0.2, 0.25) is 0 Å². The molecular formula is C18H19N7O. The van der Waals surface area contributed by atoms with E-state index in [4.69, 9.17) is 4.74 Å². The normalized spacial score (nSPS) is 19.7. The fraction of sp³-hybridized carbons (Fsp3) is 0.333. The molecule has 0 atom stereocenters. The van der Waals surface area contributed by atoms with Gasteiger partial charge in [0.2, 0.25) is 11.7 Å². The molecule has 132 valence electrons. The molecule has 26 heavy (non-hydrogen) atoms. The Morgan fingerprint density at radius 3 is 3.00 bits per heavy atom. The standard InChI is InChI=1S/C18H19N7O/c1-2-26-14-7-13(8-14)22-17-20-10-16-15(3-5-25(16)23-17)12-9-21-18-19-4-6-24(18)11-12/h3-6,9-11,13-14H,2,7-8H2,1H3,(H,22,23)/t13-,14-. The van der Waals surface area contributed by atoms with Crippen molar-refractivity contribution in [3.05, 3.63) is 43.2 Å². The average Bonchev–Trinajstić information content (AvgIpc) is 3.25. The van der Waals surface area contributed by atoms with Gasteiger partial charge < -0.3 is 10.1 Å². The lowest BCUT2D eigenvalue weighted by molar-refractivity contribution is 0.00283. The Morgan fingerprint density at radius 1 is 1.19 bits per heavy atom. The SMILES string of the molecule is CCO[C@H]1C[C@H](Nc2ncc3c(-c4cnc5nccn5c4)ccn3n2)C1. The Hall–Kier alpha value is -3.00. The molecule has 4 aromatic heterocycles. The fourth-order valence-corrected chi connectivity index (χ4v) is 3.40. The summed E-state index contributed by atoms with van der Waals surface area (Å²) in [6.45, 7) is 2.80. The van der Waals surface area contributed by atoms with Gasteiger partial charge in [-0.2, -0.15) is 0 Å². The first-order chi connectivity index (χ1) is 12.8. The van der Waals surface area contributed by atoms with Crippen LogP contribution in [0.4, 0.5) is 5.95 Å². The van der Waals surface area contributed by atoms with Crippen molar-refractivity contribution >= 4 is 17.2 Å². The van der Waals surface area contributed by atoms with Crippen molar-refractivity contribution < 1.29 is 4.74 Å². The summed E-state index contributed by atoms with van der Waals surface area (Å²) in [5.41, 5.74) is 2.98. The van der Waals surface area contributed by atoms with Crippen molar-refractivity contribution in [2.45, 2.75) is 31.9 Å². The van der Waals surface area contributed by atoms with E-state index in [1.54, 1.807) is 6.20 Å². The van der Waals surface area contributed by atoms with Crippen LogP contribution >= 0.6 is 0 Å². The summed E-state index contributed by atoms with van der Waals surface area (Å²) < 4.78 is 9.35. The monoisotopic (exact) mass is 349 g/mol. The number of ether oxygens (including phenoxy) is 1. The van der Waals surface area contributed by atoms with Gasteiger partial charge in [-0.15, -0.1) is 5.10 Å². The summed E-state index contributed by atoms with van der Waals surface area (Å²) in [6, 6.07) is 2.41. The van der Waals surface area contributed by atoms with Gasteiger partial charge in [0.05, 0.1) is 17.8 Å². The number of hydrogen-bond donors (Lipinski definition) is 1. The molecule has 0 amide bonds. The number of hydrogen-bond acceptors (Lipinski definition) is 6. The van der Waals surface area contributed by atoms with Crippen molar-refractivity contribution in [2.75, 3.05) is 11.9 Å². The zero-order valence-corrected chi connectivity index (χ0v) is 14.4. The highest BCUT2D eigenvalue weighted by Crippen LogP contribution is 2.27. The van der Waals surface area contributed by atoms with Crippen LogP contribution in [0.25, 0.3) is 22.4 Å². The summed E-state index contributed by atoms with van der Waals surface area (Å²) in [7, 11) is 0. The van der Waals surface area contributed by atoms with E-state index in [1.807, 2.05) is 52.9 Å². The third-order valence-electron chi connectivity index (χ3n) is 4.80. The fourth-order valence-electron chi connectivity index (χ4n) is 3.40. The number of imidazole rings is 1. The van der Waals surface area contributed by atoms with E-state index in [0.717, 1.165) is 36.1 Å². The molecule has 1 saturated carbocycles. The molecule has 8 nitrogen and oxygen atoms in total. The van der Waals surface area contributed by atoms with Crippen LogP contribution in [-0.4, -0.2) is 47.7 Å². The van der Waals surface area contributed by atoms with Gasteiger partial charge in [0, 0.05) is 54.8 Å². The largest absolute Gasteiger partial charge is 0.378 e. The first-order valence-electron chi connectivity index (χ1n) is 8.82. The van der Waals surface area contributed by atoms with E-state index >= 15 is 0 Å². The molecule has 5 rings (SSSR count). The maximum absolute atomic E-state index is 5.59. The minimum atomic E-state index is 0.366. The van der Waals surface area contributed by atoms with Gasteiger partial charge in [-0.1, -0.05) is 0 Å². The maximum atomic E-state index is 5.59. The van der Waals surface area contributed by atoms with E-state index in [2.05, 4.69) is 25.4 Å². The molecule has 0 radical (unpaired) electrons. The van der Waals surface area contributed by atoms with Crippen molar-refractivity contribution in [1.82, 2.24) is 29.0 Å². The van der Waals surface area contributed by atoms with Crippen molar-refractivity contribution in [2.24, 2.45) is 0 Å². The number of aromatic nitrogens is 6. The predicted molar refractivity (Wildman–Crippen MR) is 97.0 cm³/mol. The Morgan fingerprint density at radius 2 is 2.12 bits per heavy atom. The van der Waals surface area contributed by atoms with Gasteiger partial charge in [-0.3, -0.25) is 4.40 Å². The number of rotatable bonds is 5.